The van der Waals surface area contributed by atoms with Crippen LogP contribution in [0, 0.1) is 0 Å². The number of hydrogen-bond donors (Lipinski definition) is 2. The number of unbranched alkanes of at least 4 members (excludes halogenated alkanes) is 7. The topological polar surface area (TPSA) is 57.5 Å². The van der Waals surface area contributed by atoms with Crippen molar-refractivity contribution in [3.63, 3.8) is 0 Å². The van der Waals surface area contributed by atoms with Gasteiger partial charge in [0.1, 0.15) is 12.1 Å². The first-order chi connectivity index (χ1) is 10.7. The van der Waals surface area contributed by atoms with Gasteiger partial charge >= 0.3 is 5.97 Å². The molecule has 4 nitrogen and oxygen atoms in total. The first-order valence-corrected chi connectivity index (χ1v) is 9.45. The Labute approximate surface area is 143 Å². The minimum Gasteiger partial charge on any atom is -0.481 e. The minimum absolute atomic E-state index is 0.210. The van der Waals surface area contributed by atoms with Crippen molar-refractivity contribution in [1.29, 1.82) is 0 Å². The first-order valence-electron chi connectivity index (χ1n) is 9.45. The number of hydrogen-bond acceptors (Lipinski definition) is 2. The lowest BCUT2D eigenvalue weighted by atomic mass is 9.96. The average molecular weight is 331 g/mol. The van der Waals surface area contributed by atoms with Crippen LogP contribution in [0.3, 0.4) is 0 Å². The van der Waals surface area contributed by atoms with E-state index in [0.717, 1.165) is 19.4 Å². The number of rotatable bonds is 15. The van der Waals surface area contributed by atoms with Crippen LogP contribution in [0.2, 0.25) is 0 Å². The molecule has 0 amide bonds. The maximum absolute atomic E-state index is 10.6. The van der Waals surface area contributed by atoms with Gasteiger partial charge in [-0.2, -0.15) is 0 Å². The molecule has 0 fully saturated rings. The van der Waals surface area contributed by atoms with Gasteiger partial charge in [-0.15, -0.1) is 0 Å². The molecule has 1 unspecified atom stereocenters. The van der Waals surface area contributed by atoms with E-state index in [9.17, 15) is 9.90 Å². The fourth-order valence-corrected chi connectivity index (χ4v) is 3.38. The number of likely N-dealkylation sites (N-methyl/N-ethyl adjacent to an activating group) is 1. The fourth-order valence-electron chi connectivity index (χ4n) is 3.38. The molecule has 0 saturated carbocycles. The number of carboxylic acid groups (broad SMARTS) is 1. The second-order valence-corrected chi connectivity index (χ2v) is 8.04. The minimum atomic E-state index is -0.740. The normalized spacial score (nSPS) is 14.7. The Morgan fingerprint density at radius 2 is 1.48 bits per heavy atom. The van der Waals surface area contributed by atoms with E-state index >= 15 is 0 Å². The van der Waals surface area contributed by atoms with E-state index in [1.54, 1.807) is 0 Å². The summed E-state index contributed by atoms with van der Waals surface area (Å²) in [5.74, 6) is -0.740. The molecule has 138 valence electrons. The van der Waals surface area contributed by atoms with Gasteiger partial charge in [0, 0.05) is 6.42 Å². The SMILES string of the molecule is CCCCCCCCCCC(C)(O)C[N+](C)(C)CCCC(=O)O. The zero-order valence-electron chi connectivity index (χ0n) is 15.9. The molecule has 4 heteroatoms. The Kier molecular flexibility index (Phi) is 11.5. The van der Waals surface area contributed by atoms with Crippen LogP contribution in [0.1, 0.15) is 84.5 Å². The van der Waals surface area contributed by atoms with Gasteiger partial charge in [-0.1, -0.05) is 58.3 Å². The maximum atomic E-state index is 10.6. The van der Waals surface area contributed by atoms with Crippen molar-refractivity contribution in [2.45, 2.75) is 90.1 Å². The monoisotopic (exact) mass is 330 g/mol. The fraction of sp³-hybridized carbons (Fsp3) is 0.947. The van der Waals surface area contributed by atoms with Gasteiger partial charge < -0.3 is 14.7 Å². The second kappa shape index (κ2) is 11.9. The molecule has 0 radical (unpaired) electrons. The Morgan fingerprint density at radius 1 is 0.957 bits per heavy atom. The predicted molar refractivity (Wildman–Crippen MR) is 96.6 cm³/mol. The van der Waals surface area contributed by atoms with E-state index < -0.39 is 11.6 Å². The Hall–Kier alpha value is -0.610. The van der Waals surface area contributed by atoms with Crippen molar-refractivity contribution in [1.82, 2.24) is 0 Å². The standard InChI is InChI=1S/C19H39NO3/c1-5-6-7-8-9-10-11-12-15-19(2,23)17-20(3,4)16-13-14-18(21)22/h23H,5-17H2,1-4H3/p+1. The molecule has 0 aromatic carbocycles. The Balaban J connectivity index is 3.83. The van der Waals surface area contributed by atoms with E-state index in [1.165, 1.54) is 44.9 Å². The molecule has 0 aliphatic rings. The average Bonchev–Trinajstić information content (AvgIpc) is 2.39. The van der Waals surface area contributed by atoms with E-state index in [-0.39, 0.29) is 6.42 Å². The molecule has 0 bridgehead atoms. The highest BCUT2D eigenvalue weighted by Gasteiger charge is 2.30. The van der Waals surface area contributed by atoms with Crippen molar-refractivity contribution >= 4 is 5.97 Å². The summed E-state index contributed by atoms with van der Waals surface area (Å²) in [6.07, 6.45) is 11.9. The number of nitrogens with zero attached hydrogens (tertiary/aromatic N) is 1. The van der Waals surface area contributed by atoms with Gasteiger partial charge in [0.25, 0.3) is 0 Å². The summed E-state index contributed by atoms with van der Waals surface area (Å²) in [5, 5.41) is 19.3. The third-order valence-corrected chi connectivity index (χ3v) is 4.49. The summed E-state index contributed by atoms with van der Waals surface area (Å²) in [6, 6.07) is 0. The van der Waals surface area contributed by atoms with Gasteiger partial charge in [0.05, 0.1) is 27.1 Å². The second-order valence-electron chi connectivity index (χ2n) is 8.04. The Morgan fingerprint density at radius 3 is 2.00 bits per heavy atom. The van der Waals surface area contributed by atoms with E-state index in [1.807, 2.05) is 6.92 Å². The number of carbonyl (C=O) groups is 1. The maximum Gasteiger partial charge on any atom is 0.303 e. The van der Waals surface area contributed by atoms with Crippen molar-refractivity contribution in [2.24, 2.45) is 0 Å². The van der Waals surface area contributed by atoms with E-state index in [0.29, 0.717) is 17.4 Å². The molecule has 0 aromatic heterocycles. The molecule has 0 aromatic rings. The van der Waals surface area contributed by atoms with Crippen molar-refractivity contribution in [3.8, 4) is 0 Å². The zero-order valence-corrected chi connectivity index (χ0v) is 15.9. The number of quaternary nitrogens is 1. The van der Waals surface area contributed by atoms with Crippen LogP contribution in [0.5, 0.6) is 0 Å². The molecule has 0 aliphatic carbocycles. The predicted octanol–water partition coefficient (Wildman–Crippen LogP) is 4.21. The summed E-state index contributed by atoms with van der Waals surface area (Å²) < 4.78 is 0.678. The van der Waals surface area contributed by atoms with Gasteiger partial charge in [0.15, 0.2) is 0 Å². The molecular weight excluding hydrogens is 290 g/mol. The summed E-state index contributed by atoms with van der Waals surface area (Å²) in [5.41, 5.74) is -0.658. The third kappa shape index (κ3) is 14.7. The van der Waals surface area contributed by atoms with Gasteiger partial charge in [0.2, 0.25) is 0 Å². The third-order valence-electron chi connectivity index (χ3n) is 4.49. The first kappa shape index (κ1) is 22.4. The molecule has 0 rings (SSSR count). The van der Waals surface area contributed by atoms with Crippen LogP contribution in [-0.2, 0) is 4.79 Å². The summed E-state index contributed by atoms with van der Waals surface area (Å²) in [7, 11) is 4.15. The molecule has 0 saturated heterocycles. The zero-order chi connectivity index (χ0) is 17.8. The van der Waals surface area contributed by atoms with Crippen LogP contribution in [0.4, 0.5) is 0 Å². The number of aliphatic carboxylic acids is 1. The highest BCUT2D eigenvalue weighted by atomic mass is 16.4. The molecule has 23 heavy (non-hydrogen) atoms. The smallest absolute Gasteiger partial charge is 0.303 e. The van der Waals surface area contributed by atoms with E-state index in [2.05, 4.69) is 21.0 Å². The highest BCUT2D eigenvalue weighted by Crippen LogP contribution is 2.20. The molecule has 2 N–H and O–H groups in total. The van der Waals surface area contributed by atoms with Crippen LogP contribution < -0.4 is 0 Å². The molecule has 0 aliphatic heterocycles. The van der Waals surface area contributed by atoms with Crippen molar-refractivity contribution in [3.05, 3.63) is 0 Å². The lowest BCUT2D eigenvalue weighted by Crippen LogP contribution is -2.51. The van der Waals surface area contributed by atoms with E-state index in [4.69, 9.17) is 5.11 Å². The Bertz CT molecular complexity index is 314. The summed E-state index contributed by atoms with van der Waals surface area (Å²) in [6.45, 7) is 5.64. The van der Waals surface area contributed by atoms with Crippen LogP contribution in [0.25, 0.3) is 0 Å². The molecule has 0 spiro atoms. The van der Waals surface area contributed by atoms with Gasteiger partial charge in [-0.05, 0) is 13.3 Å². The quantitative estimate of drug-likeness (QED) is 0.349. The van der Waals surface area contributed by atoms with Gasteiger partial charge in [-0.3, -0.25) is 4.79 Å². The van der Waals surface area contributed by atoms with Crippen molar-refractivity contribution < 1.29 is 19.5 Å². The lowest BCUT2D eigenvalue weighted by Gasteiger charge is -2.36. The van der Waals surface area contributed by atoms with Crippen LogP contribution in [-0.4, -0.2) is 53.5 Å². The highest BCUT2D eigenvalue weighted by molar-refractivity contribution is 5.66. The summed E-state index contributed by atoms with van der Waals surface area (Å²) in [4.78, 5) is 10.6. The van der Waals surface area contributed by atoms with Crippen LogP contribution >= 0.6 is 0 Å². The largest absolute Gasteiger partial charge is 0.481 e. The lowest BCUT2D eigenvalue weighted by molar-refractivity contribution is -0.896. The summed E-state index contributed by atoms with van der Waals surface area (Å²) >= 11 is 0. The molecular formula is C19H40NO3+. The number of carboxylic acids is 1. The number of aliphatic hydroxyl groups is 1. The van der Waals surface area contributed by atoms with Crippen LogP contribution in [0.15, 0.2) is 0 Å². The molecule has 0 heterocycles. The van der Waals surface area contributed by atoms with Gasteiger partial charge in [-0.25, -0.2) is 0 Å². The molecule has 1 atom stereocenters. The van der Waals surface area contributed by atoms with Crippen molar-refractivity contribution in [2.75, 3.05) is 27.2 Å².